The number of primary sulfonamides is 1. The van der Waals surface area contributed by atoms with E-state index in [-0.39, 0.29) is 10.9 Å². The highest BCUT2D eigenvalue weighted by molar-refractivity contribution is 9.10. The molecule has 2 aromatic carbocycles. The highest BCUT2D eigenvalue weighted by Gasteiger charge is 2.07. The van der Waals surface area contributed by atoms with Crippen LogP contribution in [0.2, 0.25) is 5.02 Å². The van der Waals surface area contributed by atoms with Crippen LogP contribution < -0.4 is 20.5 Å². The maximum Gasteiger partial charge on any atom is 0.314 e. The van der Waals surface area contributed by atoms with E-state index >= 15 is 0 Å². The van der Waals surface area contributed by atoms with Gasteiger partial charge in [0, 0.05) is 17.6 Å². The first kappa shape index (κ1) is 22.5. The Morgan fingerprint density at radius 1 is 1.11 bits per heavy atom. The van der Waals surface area contributed by atoms with Gasteiger partial charge in [-0.15, -0.1) is 0 Å². The number of nitrogens with two attached hydrogens (primary N) is 1. The third kappa shape index (κ3) is 7.67. The Hall–Kier alpha value is -1.81. The van der Waals surface area contributed by atoms with E-state index in [1.54, 1.807) is 24.3 Å². The van der Waals surface area contributed by atoms with Gasteiger partial charge in [-0.05, 0) is 48.7 Å². The third-order valence-electron chi connectivity index (χ3n) is 3.71. The average molecular weight is 491 g/mol. The molecule has 0 spiro atoms. The Morgan fingerprint density at radius 3 is 2.43 bits per heavy atom. The molecule has 152 valence electrons. The van der Waals surface area contributed by atoms with Crippen LogP contribution in [-0.4, -0.2) is 34.1 Å². The van der Waals surface area contributed by atoms with Crippen LogP contribution in [0, 0.1) is 0 Å². The first-order valence-corrected chi connectivity index (χ1v) is 11.2. The zero-order valence-electron chi connectivity index (χ0n) is 15.0. The van der Waals surface area contributed by atoms with E-state index in [1.807, 2.05) is 6.07 Å². The molecule has 0 aliphatic heterocycles. The second-order valence-corrected chi connectivity index (χ2v) is 8.78. The quantitative estimate of drug-likeness (QED) is 0.469. The van der Waals surface area contributed by atoms with Gasteiger partial charge in [-0.2, -0.15) is 0 Å². The lowest BCUT2D eigenvalue weighted by molar-refractivity contribution is 0.239. The van der Waals surface area contributed by atoms with Gasteiger partial charge in [-0.1, -0.05) is 39.7 Å². The number of rotatable bonds is 9. The van der Waals surface area contributed by atoms with Gasteiger partial charge < -0.3 is 15.4 Å². The van der Waals surface area contributed by atoms with E-state index in [0.717, 1.165) is 10.0 Å². The zero-order valence-corrected chi connectivity index (χ0v) is 18.1. The molecule has 4 N–H and O–H groups in total. The van der Waals surface area contributed by atoms with Crippen molar-refractivity contribution < 1.29 is 17.9 Å². The number of amides is 2. The number of sulfonamides is 1. The second-order valence-electron chi connectivity index (χ2n) is 5.90. The van der Waals surface area contributed by atoms with Crippen molar-refractivity contribution in [2.45, 2.75) is 17.7 Å². The van der Waals surface area contributed by atoms with Gasteiger partial charge in [0.15, 0.2) is 0 Å². The van der Waals surface area contributed by atoms with Crippen molar-refractivity contribution in [1.82, 2.24) is 10.6 Å². The fourth-order valence-corrected chi connectivity index (χ4v) is 3.52. The molecular weight excluding hydrogens is 470 g/mol. The summed E-state index contributed by atoms with van der Waals surface area (Å²) in [5.74, 6) is 0.600. The summed E-state index contributed by atoms with van der Waals surface area (Å²) in [4.78, 5) is 11.8. The number of nitrogens with one attached hydrogen (secondary N) is 2. The molecule has 0 radical (unpaired) electrons. The summed E-state index contributed by atoms with van der Waals surface area (Å²) >= 11 is 9.39. The standard InChI is InChI=1S/C18H21BrClN3O4S/c19-14-4-7-17(16(20)12-14)27-11-1-9-22-18(24)23-10-8-13-2-5-15(6-3-13)28(21,25)26/h2-7,12H,1,8-11H2,(H2,21,25,26)(H2,22,23,24). The number of carbonyl (C=O) groups excluding carboxylic acids is 1. The van der Waals surface area contributed by atoms with E-state index in [4.69, 9.17) is 21.5 Å². The molecule has 7 nitrogen and oxygen atoms in total. The molecule has 0 saturated carbocycles. The molecule has 0 aliphatic rings. The van der Waals surface area contributed by atoms with Gasteiger partial charge in [0.2, 0.25) is 10.0 Å². The van der Waals surface area contributed by atoms with Gasteiger partial charge >= 0.3 is 6.03 Å². The maximum atomic E-state index is 11.8. The molecule has 10 heteroatoms. The Kier molecular flexibility index (Phi) is 8.56. The number of hydrogen-bond acceptors (Lipinski definition) is 4. The van der Waals surface area contributed by atoms with Crippen molar-refractivity contribution in [3.05, 3.63) is 57.5 Å². The van der Waals surface area contributed by atoms with Crippen molar-refractivity contribution in [3.63, 3.8) is 0 Å². The average Bonchev–Trinajstić information content (AvgIpc) is 2.63. The highest BCUT2D eigenvalue weighted by atomic mass is 79.9. The Balaban J connectivity index is 1.60. The summed E-state index contributed by atoms with van der Waals surface area (Å²) in [6, 6.07) is 11.3. The lowest BCUT2D eigenvalue weighted by Gasteiger charge is -2.10. The van der Waals surface area contributed by atoms with Crippen molar-refractivity contribution in [3.8, 4) is 5.75 Å². The van der Waals surface area contributed by atoms with Crippen LogP contribution >= 0.6 is 27.5 Å². The monoisotopic (exact) mass is 489 g/mol. The molecular formula is C18H21BrClN3O4S. The van der Waals surface area contributed by atoms with Crippen LogP contribution in [0.4, 0.5) is 4.79 Å². The van der Waals surface area contributed by atoms with Gasteiger partial charge in [0.05, 0.1) is 16.5 Å². The Morgan fingerprint density at radius 2 is 1.79 bits per heavy atom. The van der Waals surface area contributed by atoms with Crippen molar-refractivity contribution in [2.24, 2.45) is 5.14 Å². The first-order valence-electron chi connectivity index (χ1n) is 8.47. The number of benzene rings is 2. The molecule has 2 amide bonds. The van der Waals surface area contributed by atoms with Crippen LogP contribution in [-0.2, 0) is 16.4 Å². The van der Waals surface area contributed by atoms with E-state index in [1.165, 1.54) is 12.1 Å². The van der Waals surface area contributed by atoms with Crippen LogP contribution in [0.15, 0.2) is 51.8 Å². The van der Waals surface area contributed by atoms with E-state index in [2.05, 4.69) is 26.6 Å². The molecule has 0 bridgehead atoms. The number of halogens is 2. The molecule has 0 atom stereocenters. The van der Waals surface area contributed by atoms with Crippen LogP contribution in [0.25, 0.3) is 0 Å². The van der Waals surface area contributed by atoms with Gasteiger partial charge in [0.25, 0.3) is 0 Å². The van der Waals surface area contributed by atoms with Gasteiger partial charge in [-0.3, -0.25) is 0 Å². The summed E-state index contributed by atoms with van der Waals surface area (Å²) in [6.45, 7) is 1.31. The predicted molar refractivity (Wildman–Crippen MR) is 112 cm³/mol. The fourth-order valence-electron chi connectivity index (χ4n) is 2.28. The topological polar surface area (TPSA) is 111 Å². The Bertz CT molecular complexity index is 908. The lowest BCUT2D eigenvalue weighted by atomic mass is 10.1. The van der Waals surface area contributed by atoms with E-state index in [0.29, 0.717) is 43.3 Å². The summed E-state index contributed by atoms with van der Waals surface area (Å²) in [5.41, 5.74) is 0.896. The van der Waals surface area contributed by atoms with Crippen molar-refractivity contribution in [1.29, 1.82) is 0 Å². The lowest BCUT2D eigenvalue weighted by Crippen LogP contribution is -2.37. The van der Waals surface area contributed by atoms with Crippen LogP contribution in [0.3, 0.4) is 0 Å². The minimum atomic E-state index is -3.69. The normalized spacial score (nSPS) is 11.1. The zero-order chi connectivity index (χ0) is 20.6. The summed E-state index contributed by atoms with van der Waals surface area (Å²) in [7, 11) is -3.69. The molecule has 28 heavy (non-hydrogen) atoms. The number of urea groups is 1. The SMILES string of the molecule is NS(=O)(=O)c1ccc(CCNC(=O)NCCCOc2ccc(Br)cc2Cl)cc1. The van der Waals surface area contributed by atoms with E-state index < -0.39 is 10.0 Å². The van der Waals surface area contributed by atoms with Gasteiger partial charge in [-0.25, -0.2) is 18.4 Å². The van der Waals surface area contributed by atoms with Crippen molar-refractivity contribution >= 4 is 43.6 Å². The van der Waals surface area contributed by atoms with Crippen LogP contribution in [0.5, 0.6) is 5.75 Å². The molecule has 0 aliphatic carbocycles. The van der Waals surface area contributed by atoms with Crippen LogP contribution in [0.1, 0.15) is 12.0 Å². The fraction of sp³-hybridized carbons (Fsp3) is 0.278. The van der Waals surface area contributed by atoms with E-state index in [9.17, 15) is 13.2 Å². The second kappa shape index (κ2) is 10.7. The van der Waals surface area contributed by atoms with Crippen molar-refractivity contribution in [2.75, 3.05) is 19.7 Å². The summed E-state index contributed by atoms with van der Waals surface area (Å²) in [5, 5.41) is 11.1. The highest BCUT2D eigenvalue weighted by Crippen LogP contribution is 2.27. The third-order valence-corrected chi connectivity index (χ3v) is 5.43. The molecule has 0 heterocycles. The molecule has 2 aromatic rings. The molecule has 0 unspecified atom stereocenters. The molecule has 0 fully saturated rings. The molecule has 0 aromatic heterocycles. The summed E-state index contributed by atoms with van der Waals surface area (Å²) < 4.78 is 28.8. The first-order chi connectivity index (χ1) is 13.3. The summed E-state index contributed by atoms with van der Waals surface area (Å²) in [6.07, 6.45) is 1.21. The number of ether oxygens (including phenoxy) is 1. The predicted octanol–water partition coefficient (Wildman–Crippen LogP) is 3.06. The molecule has 2 rings (SSSR count). The molecule has 0 saturated heterocycles. The largest absolute Gasteiger partial charge is 0.492 e. The number of carbonyl (C=O) groups is 1. The number of hydrogen-bond donors (Lipinski definition) is 3. The smallest absolute Gasteiger partial charge is 0.314 e. The van der Waals surface area contributed by atoms with Gasteiger partial charge in [0.1, 0.15) is 5.75 Å². The Labute approximate surface area is 177 Å². The minimum absolute atomic E-state index is 0.0635. The minimum Gasteiger partial charge on any atom is -0.492 e. The maximum absolute atomic E-state index is 11.8.